The second-order valence-electron chi connectivity index (χ2n) is 5.07. The van der Waals surface area contributed by atoms with Crippen LogP contribution in [-0.2, 0) is 16.1 Å². The van der Waals surface area contributed by atoms with Crippen LogP contribution < -0.4 is 10.6 Å². The molecule has 0 amide bonds. The molecule has 6 heteroatoms. The Kier molecular flexibility index (Phi) is 5.55. The topological polar surface area (TPSA) is 68.3 Å². The summed E-state index contributed by atoms with van der Waals surface area (Å²) in [5.74, 6) is 2.89. The van der Waals surface area contributed by atoms with Gasteiger partial charge in [-0.05, 0) is 20.3 Å². The highest BCUT2D eigenvalue weighted by molar-refractivity contribution is 5.48. The number of nitrogens with zero attached hydrogens (tertiary/aromatic N) is 2. The standard InChI is InChI=1S/C14H24N4O2/c1-4-15-12-7-13(18-14(17-12)9-19-3)16-10(2)11-5-6-20-8-11/h7,10-11H,4-6,8-9H2,1-3H3,(H2,15,16,17,18). The number of rotatable bonds is 7. The Balaban J connectivity index is 2.07. The van der Waals surface area contributed by atoms with Crippen molar-refractivity contribution < 1.29 is 9.47 Å². The highest BCUT2D eigenvalue weighted by Gasteiger charge is 2.22. The van der Waals surface area contributed by atoms with Crippen molar-refractivity contribution in [3.63, 3.8) is 0 Å². The van der Waals surface area contributed by atoms with Crippen molar-refractivity contribution in [2.24, 2.45) is 5.92 Å². The van der Waals surface area contributed by atoms with E-state index in [4.69, 9.17) is 9.47 Å². The monoisotopic (exact) mass is 280 g/mol. The van der Waals surface area contributed by atoms with Gasteiger partial charge in [0.1, 0.15) is 18.2 Å². The SMILES string of the molecule is CCNc1cc(NC(C)C2CCOC2)nc(COC)n1. The lowest BCUT2D eigenvalue weighted by molar-refractivity contribution is 0.178. The van der Waals surface area contributed by atoms with Gasteiger partial charge in [-0.15, -0.1) is 0 Å². The Labute approximate surface area is 120 Å². The molecular formula is C14H24N4O2. The van der Waals surface area contributed by atoms with E-state index in [-0.39, 0.29) is 0 Å². The Morgan fingerprint density at radius 2 is 2.25 bits per heavy atom. The van der Waals surface area contributed by atoms with Crippen LogP contribution in [0.4, 0.5) is 11.6 Å². The Bertz CT molecular complexity index is 397. The van der Waals surface area contributed by atoms with Gasteiger partial charge in [-0.1, -0.05) is 0 Å². The van der Waals surface area contributed by atoms with Crippen LogP contribution in [0.15, 0.2) is 6.07 Å². The molecule has 6 nitrogen and oxygen atoms in total. The highest BCUT2D eigenvalue weighted by atomic mass is 16.5. The highest BCUT2D eigenvalue weighted by Crippen LogP contribution is 2.20. The first-order valence-corrected chi connectivity index (χ1v) is 7.18. The van der Waals surface area contributed by atoms with E-state index in [2.05, 4.69) is 27.5 Å². The number of ether oxygens (including phenoxy) is 2. The van der Waals surface area contributed by atoms with E-state index in [9.17, 15) is 0 Å². The Morgan fingerprint density at radius 3 is 2.90 bits per heavy atom. The van der Waals surface area contributed by atoms with E-state index in [1.165, 1.54) is 0 Å². The average molecular weight is 280 g/mol. The van der Waals surface area contributed by atoms with Gasteiger partial charge < -0.3 is 20.1 Å². The van der Waals surface area contributed by atoms with Gasteiger partial charge in [0.25, 0.3) is 0 Å². The molecule has 20 heavy (non-hydrogen) atoms. The minimum Gasteiger partial charge on any atom is -0.381 e. The quantitative estimate of drug-likeness (QED) is 0.795. The van der Waals surface area contributed by atoms with Crippen molar-refractivity contribution in [3.05, 3.63) is 11.9 Å². The molecular weight excluding hydrogens is 256 g/mol. The van der Waals surface area contributed by atoms with E-state index in [0.29, 0.717) is 24.4 Å². The predicted molar refractivity (Wildman–Crippen MR) is 78.9 cm³/mol. The lowest BCUT2D eigenvalue weighted by Gasteiger charge is -2.20. The zero-order valence-corrected chi connectivity index (χ0v) is 12.5. The fraction of sp³-hybridized carbons (Fsp3) is 0.714. The molecule has 2 atom stereocenters. The van der Waals surface area contributed by atoms with Crippen molar-refractivity contribution in [2.45, 2.75) is 32.9 Å². The molecule has 112 valence electrons. The summed E-state index contributed by atoms with van der Waals surface area (Å²) in [6.07, 6.45) is 1.10. The minimum absolute atomic E-state index is 0.331. The number of aromatic nitrogens is 2. The van der Waals surface area contributed by atoms with Gasteiger partial charge in [0.2, 0.25) is 0 Å². The summed E-state index contributed by atoms with van der Waals surface area (Å²) in [5.41, 5.74) is 0. The number of hydrogen-bond donors (Lipinski definition) is 2. The lowest BCUT2D eigenvalue weighted by Crippen LogP contribution is -2.27. The van der Waals surface area contributed by atoms with Crippen LogP contribution in [0.2, 0.25) is 0 Å². The number of anilines is 2. The smallest absolute Gasteiger partial charge is 0.158 e. The molecule has 0 spiro atoms. The minimum atomic E-state index is 0.331. The molecule has 0 aromatic carbocycles. The molecule has 1 aromatic rings. The first kappa shape index (κ1) is 15.0. The predicted octanol–water partition coefficient (Wildman–Crippen LogP) is 1.89. The molecule has 1 aromatic heterocycles. The summed E-state index contributed by atoms with van der Waals surface area (Å²) in [4.78, 5) is 8.89. The fourth-order valence-corrected chi connectivity index (χ4v) is 2.33. The van der Waals surface area contributed by atoms with Crippen molar-refractivity contribution in [1.82, 2.24) is 9.97 Å². The largest absolute Gasteiger partial charge is 0.381 e. The fourth-order valence-electron chi connectivity index (χ4n) is 2.33. The molecule has 2 N–H and O–H groups in total. The molecule has 1 aliphatic heterocycles. The van der Waals surface area contributed by atoms with Crippen LogP contribution in [-0.4, -0.2) is 42.9 Å². The summed E-state index contributed by atoms with van der Waals surface area (Å²) in [6.45, 7) is 7.14. The Morgan fingerprint density at radius 1 is 1.45 bits per heavy atom. The first-order valence-electron chi connectivity index (χ1n) is 7.18. The number of methoxy groups -OCH3 is 1. The van der Waals surface area contributed by atoms with E-state index in [1.54, 1.807) is 7.11 Å². The number of hydrogen-bond acceptors (Lipinski definition) is 6. The molecule has 2 rings (SSSR count). The lowest BCUT2D eigenvalue weighted by atomic mass is 10.0. The normalized spacial score (nSPS) is 19.9. The molecule has 0 aliphatic carbocycles. The molecule has 1 saturated heterocycles. The van der Waals surface area contributed by atoms with Crippen LogP contribution in [0.5, 0.6) is 0 Å². The van der Waals surface area contributed by atoms with Crippen LogP contribution in [0.1, 0.15) is 26.1 Å². The third-order valence-electron chi connectivity index (χ3n) is 3.45. The molecule has 1 aliphatic rings. The van der Waals surface area contributed by atoms with Crippen LogP contribution in [0, 0.1) is 5.92 Å². The van der Waals surface area contributed by atoms with Crippen LogP contribution in [0.25, 0.3) is 0 Å². The molecule has 1 fully saturated rings. The average Bonchev–Trinajstić information content (AvgIpc) is 2.93. The van der Waals surface area contributed by atoms with E-state index in [1.807, 2.05) is 13.0 Å². The van der Waals surface area contributed by atoms with E-state index >= 15 is 0 Å². The van der Waals surface area contributed by atoms with Gasteiger partial charge in [-0.3, -0.25) is 0 Å². The molecule has 0 saturated carbocycles. The maximum atomic E-state index is 5.44. The van der Waals surface area contributed by atoms with Gasteiger partial charge in [-0.2, -0.15) is 0 Å². The zero-order chi connectivity index (χ0) is 14.4. The van der Waals surface area contributed by atoms with E-state index < -0.39 is 0 Å². The van der Waals surface area contributed by atoms with Crippen molar-refractivity contribution in [2.75, 3.05) is 37.5 Å². The van der Waals surface area contributed by atoms with E-state index in [0.717, 1.165) is 37.8 Å². The van der Waals surface area contributed by atoms with Crippen LogP contribution in [0.3, 0.4) is 0 Å². The zero-order valence-electron chi connectivity index (χ0n) is 12.5. The second-order valence-corrected chi connectivity index (χ2v) is 5.07. The summed E-state index contributed by atoms with van der Waals surface area (Å²) in [7, 11) is 1.65. The van der Waals surface area contributed by atoms with Crippen LogP contribution >= 0.6 is 0 Å². The van der Waals surface area contributed by atoms with Crippen molar-refractivity contribution in [3.8, 4) is 0 Å². The molecule has 2 heterocycles. The van der Waals surface area contributed by atoms with Gasteiger partial charge in [-0.25, -0.2) is 9.97 Å². The van der Waals surface area contributed by atoms with Gasteiger partial charge in [0, 0.05) is 38.3 Å². The third-order valence-corrected chi connectivity index (χ3v) is 3.45. The molecule has 0 bridgehead atoms. The van der Waals surface area contributed by atoms with Crippen molar-refractivity contribution >= 4 is 11.6 Å². The summed E-state index contributed by atoms with van der Waals surface area (Å²) in [5, 5.41) is 6.67. The van der Waals surface area contributed by atoms with Gasteiger partial charge in [0.05, 0.1) is 6.61 Å². The second kappa shape index (κ2) is 7.40. The molecule has 2 unspecified atom stereocenters. The van der Waals surface area contributed by atoms with Crippen molar-refractivity contribution in [1.29, 1.82) is 0 Å². The van der Waals surface area contributed by atoms with Gasteiger partial charge in [0.15, 0.2) is 5.82 Å². The molecule has 0 radical (unpaired) electrons. The first-order chi connectivity index (χ1) is 9.72. The summed E-state index contributed by atoms with van der Waals surface area (Å²) >= 11 is 0. The van der Waals surface area contributed by atoms with Gasteiger partial charge >= 0.3 is 0 Å². The maximum absolute atomic E-state index is 5.44. The summed E-state index contributed by atoms with van der Waals surface area (Å²) in [6, 6.07) is 2.27. The summed E-state index contributed by atoms with van der Waals surface area (Å²) < 4.78 is 10.6. The Hall–Kier alpha value is -1.40. The maximum Gasteiger partial charge on any atom is 0.158 e. The third kappa shape index (κ3) is 4.05. The number of nitrogens with one attached hydrogen (secondary N) is 2.